The van der Waals surface area contributed by atoms with E-state index in [0.29, 0.717) is 17.4 Å². The van der Waals surface area contributed by atoms with E-state index in [0.717, 1.165) is 51.4 Å². The first kappa shape index (κ1) is 78.5. The molecule has 0 saturated carbocycles. The number of amides is 1. The summed E-state index contributed by atoms with van der Waals surface area (Å²) in [6, 6.07) is -0.846. The highest BCUT2D eigenvalue weighted by molar-refractivity contribution is 7.47. The van der Waals surface area contributed by atoms with Gasteiger partial charge in [-0.25, -0.2) is 4.57 Å². The lowest BCUT2D eigenvalue weighted by atomic mass is 10.0. The number of carbonyl (C=O) groups is 1. The Balaban J connectivity index is 3.98. The van der Waals surface area contributed by atoms with Crippen LogP contribution in [0.2, 0.25) is 0 Å². The molecule has 1 amide bonds. The van der Waals surface area contributed by atoms with Crippen LogP contribution in [0.4, 0.5) is 0 Å². The zero-order chi connectivity index (χ0) is 58.4. The monoisotopic (exact) mass is 1150 g/mol. The van der Waals surface area contributed by atoms with Gasteiger partial charge in [0.2, 0.25) is 5.91 Å². The van der Waals surface area contributed by atoms with Gasteiger partial charge in [0.15, 0.2) is 0 Å². The Hall–Kier alpha value is -1.54. The molecule has 0 rings (SSSR count). The summed E-state index contributed by atoms with van der Waals surface area (Å²) in [6.45, 7) is 4.85. The zero-order valence-electron chi connectivity index (χ0n) is 54.1. The number of nitrogens with zero attached hydrogens (tertiary/aromatic N) is 1. The summed E-state index contributed by atoms with van der Waals surface area (Å²) in [7, 11) is 1.59. The van der Waals surface area contributed by atoms with Gasteiger partial charge in [-0.15, -0.1) is 0 Å². The van der Waals surface area contributed by atoms with Crippen LogP contribution in [-0.4, -0.2) is 73.4 Å². The number of unbranched alkanes of at least 4 members (excludes halogenated alkanes) is 46. The molecule has 3 N–H and O–H groups in total. The fourth-order valence-corrected chi connectivity index (χ4v) is 11.3. The van der Waals surface area contributed by atoms with Crippen molar-refractivity contribution in [3.63, 3.8) is 0 Å². The Kier molecular flexibility index (Phi) is 60.8. The molecule has 0 fully saturated rings. The van der Waals surface area contributed by atoms with Crippen molar-refractivity contribution in [1.29, 1.82) is 0 Å². The molecule has 0 aliphatic heterocycles. The van der Waals surface area contributed by atoms with Gasteiger partial charge in [0.25, 0.3) is 0 Å². The van der Waals surface area contributed by atoms with Gasteiger partial charge >= 0.3 is 7.82 Å². The van der Waals surface area contributed by atoms with Crippen LogP contribution < -0.4 is 5.32 Å². The van der Waals surface area contributed by atoms with Crippen molar-refractivity contribution in [3.05, 3.63) is 48.6 Å². The van der Waals surface area contributed by atoms with Crippen LogP contribution in [0.15, 0.2) is 48.6 Å². The minimum Gasteiger partial charge on any atom is -0.387 e. The molecule has 3 unspecified atom stereocenters. The third-order valence-corrected chi connectivity index (χ3v) is 17.0. The van der Waals surface area contributed by atoms with Gasteiger partial charge in [-0.3, -0.25) is 13.8 Å². The molecule has 9 heteroatoms. The maximum Gasteiger partial charge on any atom is 0.472 e. The summed E-state index contributed by atoms with van der Waals surface area (Å²) in [5.41, 5.74) is 0. The number of likely N-dealkylation sites (N-methyl/N-ethyl adjacent to an activating group) is 1. The SMILES string of the molecule is CCCCCCC/C=C\C/C=C\C/C=C\CCCCCCCCCCCCCCCCCCCCCCCCC(=O)NC(COP(=O)(O)OCC[N+](C)(C)C)C(O)/C=C/CCCCCCCCCCCCCCCCCCCCC. The summed E-state index contributed by atoms with van der Waals surface area (Å²) in [6.07, 6.45) is 84.0. The second kappa shape index (κ2) is 62.0. The molecule has 8 nitrogen and oxygen atoms in total. The predicted molar refractivity (Wildman–Crippen MR) is 351 cm³/mol. The fourth-order valence-electron chi connectivity index (χ4n) is 10.6. The molecular formula is C71H138N2O6P+. The first-order valence-corrected chi connectivity index (χ1v) is 36.5. The molecule has 0 radical (unpaired) electrons. The van der Waals surface area contributed by atoms with E-state index in [4.69, 9.17) is 9.05 Å². The van der Waals surface area contributed by atoms with Crippen LogP contribution in [0.5, 0.6) is 0 Å². The number of carbonyl (C=O) groups excluding carboxylic acids is 1. The summed E-state index contributed by atoms with van der Waals surface area (Å²) >= 11 is 0. The van der Waals surface area contributed by atoms with Crippen LogP contribution in [-0.2, 0) is 18.4 Å². The lowest BCUT2D eigenvalue weighted by molar-refractivity contribution is -0.870. The van der Waals surface area contributed by atoms with E-state index >= 15 is 0 Å². The molecule has 0 heterocycles. The molecule has 0 spiro atoms. The summed E-state index contributed by atoms with van der Waals surface area (Å²) in [5, 5.41) is 14.0. The number of hydrogen-bond acceptors (Lipinski definition) is 5. The molecule has 0 aromatic heterocycles. The number of aliphatic hydroxyl groups is 1. The fraction of sp³-hybridized carbons (Fsp3) is 0.873. The van der Waals surface area contributed by atoms with Gasteiger partial charge in [0.05, 0.1) is 39.9 Å². The minimum absolute atomic E-state index is 0.0632. The lowest BCUT2D eigenvalue weighted by Gasteiger charge is -2.25. The smallest absolute Gasteiger partial charge is 0.387 e. The Morgan fingerprint density at radius 1 is 0.425 bits per heavy atom. The first-order chi connectivity index (χ1) is 39.0. The van der Waals surface area contributed by atoms with E-state index in [1.54, 1.807) is 6.08 Å². The van der Waals surface area contributed by atoms with Gasteiger partial charge in [-0.1, -0.05) is 332 Å². The molecule has 0 saturated heterocycles. The topological polar surface area (TPSA) is 105 Å². The van der Waals surface area contributed by atoms with Crippen molar-refractivity contribution in [2.75, 3.05) is 40.9 Å². The maximum absolute atomic E-state index is 13.0. The quantitative estimate of drug-likeness (QED) is 0.0243. The third-order valence-electron chi connectivity index (χ3n) is 16.0. The van der Waals surface area contributed by atoms with Crippen molar-refractivity contribution in [3.8, 4) is 0 Å². The second-order valence-electron chi connectivity index (χ2n) is 25.3. The zero-order valence-corrected chi connectivity index (χ0v) is 55.0. The number of aliphatic hydroxyl groups excluding tert-OH is 1. The van der Waals surface area contributed by atoms with Crippen LogP contribution in [0.25, 0.3) is 0 Å². The van der Waals surface area contributed by atoms with E-state index in [2.05, 4.69) is 55.6 Å². The summed E-state index contributed by atoms with van der Waals surface area (Å²) in [4.78, 5) is 23.4. The molecule has 0 aliphatic carbocycles. The van der Waals surface area contributed by atoms with Crippen LogP contribution in [0, 0.1) is 0 Å². The Morgan fingerprint density at radius 2 is 0.713 bits per heavy atom. The average molecular weight is 1150 g/mol. The lowest BCUT2D eigenvalue weighted by Crippen LogP contribution is -2.45. The average Bonchev–Trinajstić information content (AvgIpc) is 3.42. The largest absolute Gasteiger partial charge is 0.472 e. The number of quaternary nitrogens is 1. The first-order valence-electron chi connectivity index (χ1n) is 35.0. The summed E-state index contributed by atoms with van der Waals surface area (Å²) in [5.74, 6) is -0.170. The molecule has 0 aromatic rings. The van der Waals surface area contributed by atoms with Gasteiger partial charge in [0.1, 0.15) is 13.2 Å². The van der Waals surface area contributed by atoms with E-state index in [9.17, 15) is 19.4 Å². The Bertz CT molecular complexity index is 1440. The van der Waals surface area contributed by atoms with Crippen molar-refractivity contribution in [1.82, 2.24) is 5.32 Å². The van der Waals surface area contributed by atoms with Crippen molar-refractivity contribution < 1.29 is 32.9 Å². The van der Waals surface area contributed by atoms with Crippen molar-refractivity contribution in [2.45, 2.75) is 360 Å². The summed E-state index contributed by atoms with van der Waals surface area (Å²) < 4.78 is 23.8. The number of hydrogen-bond donors (Lipinski definition) is 3. The number of phosphoric acid groups is 1. The third kappa shape index (κ3) is 64.0. The highest BCUT2D eigenvalue weighted by Gasteiger charge is 2.28. The van der Waals surface area contributed by atoms with Crippen LogP contribution >= 0.6 is 7.82 Å². The van der Waals surface area contributed by atoms with Gasteiger partial charge < -0.3 is 19.8 Å². The predicted octanol–water partition coefficient (Wildman–Crippen LogP) is 22.2. The highest BCUT2D eigenvalue weighted by atomic mass is 31.2. The Morgan fingerprint density at radius 3 is 1.04 bits per heavy atom. The standard InChI is InChI=1S/C71H137N2O6P/c1-6-8-10-12-14-16-18-20-22-24-26-28-29-30-31-32-33-34-35-36-37-38-39-40-41-42-43-45-47-49-51-53-55-57-59-61-63-65-71(75)72-69(68-79-80(76,77)78-67-66-73(3,4)5)70(74)64-62-60-58-56-54-52-50-48-46-44-27-25-23-21-19-17-15-13-11-9-7-2/h18,20,24,26,29-30,62,64,69-70,74H,6-17,19,21-23,25,27-28,31-61,63,65-68H2,1-5H3,(H-,72,75,76,77)/p+1/b20-18-,26-24-,30-29-,64-62+. The van der Waals surface area contributed by atoms with Crippen LogP contribution in [0.3, 0.4) is 0 Å². The van der Waals surface area contributed by atoms with Gasteiger partial charge in [0, 0.05) is 6.42 Å². The molecule has 472 valence electrons. The number of rotatable bonds is 65. The molecule has 0 bridgehead atoms. The van der Waals surface area contributed by atoms with Gasteiger partial charge in [-0.05, 0) is 57.8 Å². The molecular weight excluding hydrogens is 1010 g/mol. The van der Waals surface area contributed by atoms with Crippen LogP contribution in [0.1, 0.15) is 348 Å². The van der Waals surface area contributed by atoms with Crippen molar-refractivity contribution in [2.24, 2.45) is 0 Å². The normalized spacial score (nSPS) is 13.9. The highest BCUT2D eigenvalue weighted by Crippen LogP contribution is 2.43. The van der Waals surface area contributed by atoms with E-state index in [1.165, 1.54) is 276 Å². The maximum atomic E-state index is 13.0. The Labute approximate surface area is 499 Å². The number of nitrogens with one attached hydrogen (secondary N) is 1. The molecule has 80 heavy (non-hydrogen) atoms. The van der Waals surface area contributed by atoms with Gasteiger partial charge in [-0.2, -0.15) is 0 Å². The number of phosphoric ester groups is 1. The van der Waals surface area contributed by atoms with E-state index in [-0.39, 0.29) is 19.1 Å². The minimum atomic E-state index is -4.35. The molecule has 3 atom stereocenters. The van der Waals surface area contributed by atoms with E-state index < -0.39 is 20.0 Å². The van der Waals surface area contributed by atoms with E-state index in [1.807, 2.05) is 27.2 Å². The molecule has 0 aromatic carbocycles. The second-order valence-corrected chi connectivity index (χ2v) is 26.7. The number of allylic oxidation sites excluding steroid dienone is 7. The molecule has 0 aliphatic rings. The van der Waals surface area contributed by atoms with Crippen molar-refractivity contribution >= 4 is 13.7 Å².